The van der Waals surface area contributed by atoms with E-state index >= 15 is 0 Å². The molecule has 0 aromatic carbocycles. The Morgan fingerprint density at radius 1 is 1.38 bits per heavy atom. The summed E-state index contributed by atoms with van der Waals surface area (Å²) in [5.41, 5.74) is 0.414. The summed E-state index contributed by atoms with van der Waals surface area (Å²) in [5, 5.41) is 0. The second kappa shape index (κ2) is 5.16. The zero-order chi connectivity index (χ0) is 15.0. The Morgan fingerprint density at radius 2 is 2.19 bits per heavy atom. The fourth-order valence-corrected chi connectivity index (χ4v) is 2.84. The van der Waals surface area contributed by atoms with Gasteiger partial charge in [0.1, 0.15) is 0 Å². The van der Waals surface area contributed by atoms with E-state index in [-0.39, 0.29) is 18.4 Å². The summed E-state index contributed by atoms with van der Waals surface area (Å²) in [5.74, 6) is -0.114. The topological polar surface area (TPSA) is 33.2 Å². The van der Waals surface area contributed by atoms with Crippen molar-refractivity contribution in [2.45, 2.75) is 32.0 Å². The number of allylic oxidation sites excluding steroid dienone is 1. The third-order valence-electron chi connectivity index (χ3n) is 4.01. The predicted molar refractivity (Wildman–Crippen MR) is 70.2 cm³/mol. The highest BCUT2D eigenvalue weighted by Crippen LogP contribution is 2.31. The molecule has 3 nitrogen and oxygen atoms in total. The molecule has 0 bridgehead atoms. The van der Waals surface area contributed by atoms with Gasteiger partial charge < -0.3 is 4.90 Å². The van der Waals surface area contributed by atoms with Gasteiger partial charge in [0.2, 0.25) is 5.91 Å². The average Bonchev–Trinajstić information content (AvgIpc) is 2.98. The summed E-state index contributed by atoms with van der Waals surface area (Å²) in [4.78, 5) is 17.9. The van der Waals surface area contributed by atoms with Crippen LogP contribution in [0.2, 0.25) is 0 Å². The van der Waals surface area contributed by atoms with Crippen molar-refractivity contribution in [1.82, 2.24) is 9.88 Å². The van der Waals surface area contributed by atoms with E-state index < -0.39 is 11.7 Å². The van der Waals surface area contributed by atoms with Crippen LogP contribution in [0.3, 0.4) is 0 Å². The summed E-state index contributed by atoms with van der Waals surface area (Å²) in [6, 6.07) is 1.12. The predicted octanol–water partition coefficient (Wildman–Crippen LogP) is 2.95. The molecule has 0 saturated carbocycles. The number of rotatable bonds is 1. The van der Waals surface area contributed by atoms with Crippen molar-refractivity contribution < 1.29 is 18.0 Å². The molecule has 1 atom stereocenters. The summed E-state index contributed by atoms with van der Waals surface area (Å²) in [7, 11) is 0. The van der Waals surface area contributed by atoms with Crippen molar-refractivity contribution in [3.63, 3.8) is 0 Å². The van der Waals surface area contributed by atoms with Gasteiger partial charge in [0, 0.05) is 31.4 Å². The lowest BCUT2D eigenvalue weighted by Gasteiger charge is -2.30. The van der Waals surface area contributed by atoms with Crippen LogP contribution in [0.5, 0.6) is 0 Å². The van der Waals surface area contributed by atoms with E-state index in [1.807, 2.05) is 12.2 Å². The number of hydrogen-bond donors (Lipinski definition) is 0. The molecule has 0 saturated heterocycles. The molecule has 0 radical (unpaired) electrons. The molecule has 21 heavy (non-hydrogen) atoms. The lowest BCUT2D eigenvalue weighted by molar-refractivity contribution is -0.137. The lowest BCUT2D eigenvalue weighted by atomic mass is 10.0. The molecule has 1 amide bonds. The van der Waals surface area contributed by atoms with E-state index in [1.165, 1.54) is 0 Å². The van der Waals surface area contributed by atoms with Crippen molar-refractivity contribution in [3.8, 4) is 0 Å². The van der Waals surface area contributed by atoms with Crippen LogP contribution in [0.15, 0.2) is 24.4 Å². The van der Waals surface area contributed by atoms with Gasteiger partial charge in [-0.15, -0.1) is 0 Å². The Bertz CT molecular complexity index is 595. The quantitative estimate of drug-likeness (QED) is 0.747. The van der Waals surface area contributed by atoms with Crippen molar-refractivity contribution in [2.24, 2.45) is 5.92 Å². The summed E-state index contributed by atoms with van der Waals surface area (Å²) >= 11 is 0. The molecule has 1 aromatic rings. The Balaban J connectivity index is 1.80. The van der Waals surface area contributed by atoms with Gasteiger partial charge in [0.15, 0.2) is 0 Å². The van der Waals surface area contributed by atoms with Gasteiger partial charge >= 0.3 is 6.18 Å². The van der Waals surface area contributed by atoms with Gasteiger partial charge in [-0.05, 0) is 24.5 Å². The summed E-state index contributed by atoms with van der Waals surface area (Å²) in [6.07, 6.45) is 2.53. The number of fused-ring (bicyclic) bond motifs is 1. The normalized spacial score (nSPS) is 21.5. The number of aromatic nitrogens is 1. The van der Waals surface area contributed by atoms with Crippen LogP contribution in [0, 0.1) is 5.92 Å². The summed E-state index contributed by atoms with van der Waals surface area (Å²) < 4.78 is 38.2. The van der Waals surface area contributed by atoms with Crippen molar-refractivity contribution >= 4 is 5.91 Å². The van der Waals surface area contributed by atoms with Gasteiger partial charge in [-0.25, -0.2) is 0 Å². The number of carbonyl (C=O) groups is 1. The molecule has 0 N–H and O–H groups in total. The molecular weight excluding hydrogens is 281 g/mol. The highest BCUT2D eigenvalue weighted by molar-refractivity contribution is 5.81. The largest absolute Gasteiger partial charge is 0.417 e. The SMILES string of the molecule is O=C(C1C=CCC1)N1CCc2ncc(C(F)(F)F)cc2C1. The number of nitrogens with zero attached hydrogens (tertiary/aromatic N) is 2. The standard InChI is InChI=1S/C15H15F3N2O/c16-15(17,18)12-7-11-9-20(6-5-13(11)19-8-12)14(21)10-3-1-2-4-10/h1,3,7-8,10H,2,4-6,9H2. The fourth-order valence-electron chi connectivity index (χ4n) is 2.84. The smallest absolute Gasteiger partial charge is 0.337 e. The Labute approximate surface area is 120 Å². The van der Waals surface area contributed by atoms with Crippen LogP contribution >= 0.6 is 0 Å². The molecule has 6 heteroatoms. The van der Waals surface area contributed by atoms with E-state index in [0.717, 1.165) is 25.1 Å². The number of alkyl halides is 3. The highest BCUT2D eigenvalue weighted by atomic mass is 19.4. The van der Waals surface area contributed by atoms with Crippen LogP contribution < -0.4 is 0 Å². The van der Waals surface area contributed by atoms with Crippen molar-refractivity contribution in [3.05, 3.63) is 41.2 Å². The van der Waals surface area contributed by atoms with E-state index in [2.05, 4.69) is 4.98 Å². The first-order valence-electron chi connectivity index (χ1n) is 6.95. The van der Waals surface area contributed by atoms with E-state index in [4.69, 9.17) is 0 Å². The monoisotopic (exact) mass is 296 g/mol. The minimum Gasteiger partial charge on any atom is -0.337 e. The maximum atomic E-state index is 12.7. The molecule has 3 rings (SSSR count). The van der Waals surface area contributed by atoms with Crippen LogP contribution in [0.4, 0.5) is 13.2 Å². The minimum atomic E-state index is -4.40. The number of halogens is 3. The molecule has 2 heterocycles. The van der Waals surface area contributed by atoms with Crippen LogP contribution in [-0.2, 0) is 23.9 Å². The maximum Gasteiger partial charge on any atom is 0.417 e. The lowest BCUT2D eigenvalue weighted by Crippen LogP contribution is -2.39. The Morgan fingerprint density at radius 3 is 2.86 bits per heavy atom. The van der Waals surface area contributed by atoms with Gasteiger partial charge in [0.05, 0.1) is 11.5 Å². The number of pyridine rings is 1. The average molecular weight is 296 g/mol. The molecule has 2 aliphatic rings. The van der Waals surface area contributed by atoms with Crippen LogP contribution in [0.1, 0.15) is 29.7 Å². The van der Waals surface area contributed by atoms with Gasteiger partial charge in [-0.3, -0.25) is 9.78 Å². The zero-order valence-electron chi connectivity index (χ0n) is 11.4. The van der Waals surface area contributed by atoms with Crippen LogP contribution in [-0.4, -0.2) is 22.3 Å². The Kier molecular flexibility index (Phi) is 3.47. The molecule has 1 aromatic heterocycles. The maximum absolute atomic E-state index is 12.7. The van der Waals surface area contributed by atoms with Crippen LogP contribution in [0.25, 0.3) is 0 Å². The minimum absolute atomic E-state index is 0.00631. The molecule has 112 valence electrons. The van der Waals surface area contributed by atoms with Crippen molar-refractivity contribution in [2.75, 3.05) is 6.54 Å². The first-order chi connectivity index (χ1) is 9.95. The van der Waals surface area contributed by atoms with Gasteiger partial charge in [0.25, 0.3) is 0 Å². The summed E-state index contributed by atoms with van der Waals surface area (Å²) in [6.45, 7) is 0.740. The number of amides is 1. The van der Waals surface area contributed by atoms with E-state index in [0.29, 0.717) is 24.2 Å². The third-order valence-corrected chi connectivity index (χ3v) is 4.01. The molecule has 1 unspecified atom stereocenters. The van der Waals surface area contributed by atoms with E-state index in [1.54, 1.807) is 4.90 Å². The third kappa shape index (κ3) is 2.80. The first kappa shape index (κ1) is 14.1. The second-order valence-electron chi connectivity index (χ2n) is 5.45. The highest BCUT2D eigenvalue weighted by Gasteiger charge is 2.33. The van der Waals surface area contributed by atoms with Crippen molar-refractivity contribution in [1.29, 1.82) is 0 Å². The first-order valence-corrected chi connectivity index (χ1v) is 6.95. The number of hydrogen-bond acceptors (Lipinski definition) is 2. The second-order valence-corrected chi connectivity index (χ2v) is 5.45. The van der Waals surface area contributed by atoms with Gasteiger partial charge in [-0.1, -0.05) is 12.2 Å². The molecule has 1 aliphatic carbocycles. The molecule has 0 spiro atoms. The molecule has 0 fully saturated rings. The fraction of sp³-hybridized carbons (Fsp3) is 0.467. The zero-order valence-corrected chi connectivity index (χ0v) is 11.4. The van der Waals surface area contributed by atoms with Gasteiger partial charge in [-0.2, -0.15) is 13.2 Å². The number of carbonyl (C=O) groups excluding carboxylic acids is 1. The molecular formula is C15H15F3N2O. The van der Waals surface area contributed by atoms with E-state index in [9.17, 15) is 18.0 Å². The Hall–Kier alpha value is -1.85. The molecule has 1 aliphatic heterocycles.